The summed E-state index contributed by atoms with van der Waals surface area (Å²) in [6, 6.07) is 8.25. The number of aliphatic hydroxyl groups excluding tert-OH is 1. The van der Waals surface area contributed by atoms with Crippen molar-refractivity contribution in [2.75, 3.05) is 6.54 Å². The van der Waals surface area contributed by atoms with Crippen LogP contribution in [0.2, 0.25) is 5.02 Å². The van der Waals surface area contributed by atoms with Crippen molar-refractivity contribution in [1.29, 1.82) is 0 Å². The van der Waals surface area contributed by atoms with Gasteiger partial charge >= 0.3 is 0 Å². The molecule has 0 bridgehead atoms. The Morgan fingerprint density at radius 1 is 1.27 bits per heavy atom. The Bertz CT molecular complexity index is 580. The van der Waals surface area contributed by atoms with Crippen molar-refractivity contribution in [1.82, 2.24) is 14.5 Å². The van der Waals surface area contributed by atoms with E-state index in [1.54, 1.807) is 6.20 Å². The highest BCUT2D eigenvalue weighted by Crippen LogP contribution is 2.15. The lowest BCUT2D eigenvalue weighted by atomic mass is 10.1. The zero-order valence-electron chi connectivity index (χ0n) is 13.4. The second-order valence-electron chi connectivity index (χ2n) is 5.91. The SMILES string of the molecule is C[C@H](Cc1ccc(Cl)cc1)N(Cc1nccn1C)C[C@@H](C)O. The van der Waals surface area contributed by atoms with Crippen molar-refractivity contribution < 1.29 is 5.11 Å². The highest BCUT2D eigenvalue weighted by Gasteiger charge is 2.18. The smallest absolute Gasteiger partial charge is 0.122 e. The number of aromatic nitrogens is 2. The van der Waals surface area contributed by atoms with Crippen LogP contribution >= 0.6 is 11.6 Å². The minimum Gasteiger partial charge on any atom is -0.392 e. The molecule has 0 radical (unpaired) electrons. The van der Waals surface area contributed by atoms with Crippen molar-refractivity contribution in [3.8, 4) is 0 Å². The minimum absolute atomic E-state index is 0.299. The molecule has 0 unspecified atom stereocenters. The van der Waals surface area contributed by atoms with Gasteiger partial charge in [-0.1, -0.05) is 23.7 Å². The molecule has 1 N–H and O–H groups in total. The maximum absolute atomic E-state index is 9.79. The molecular formula is C17H24ClN3O. The Labute approximate surface area is 137 Å². The Morgan fingerprint density at radius 2 is 1.95 bits per heavy atom. The lowest BCUT2D eigenvalue weighted by Crippen LogP contribution is -2.39. The molecule has 2 aromatic rings. The molecule has 0 aliphatic heterocycles. The molecule has 0 spiro atoms. The van der Waals surface area contributed by atoms with E-state index >= 15 is 0 Å². The fraction of sp³-hybridized carbons (Fsp3) is 0.471. The number of nitrogens with zero attached hydrogens (tertiary/aromatic N) is 3. The first-order chi connectivity index (χ1) is 10.5. The molecule has 2 atom stereocenters. The van der Waals surface area contributed by atoms with Crippen molar-refractivity contribution in [3.63, 3.8) is 0 Å². The van der Waals surface area contributed by atoms with Crippen LogP contribution in [0.4, 0.5) is 0 Å². The van der Waals surface area contributed by atoms with Gasteiger partial charge in [-0.3, -0.25) is 4.90 Å². The lowest BCUT2D eigenvalue weighted by molar-refractivity contribution is 0.0948. The number of aryl methyl sites for hydroxylation is 1. The molecule has 0 amide bonds. The molecule has 0 fully saturated rings. The highest BCUT2D eigenvalue weighted by atomic mass is 35.5. The molecule has 4 nitrogen and oxygen atoms in total. The van der Waals surface area contributed by atoms with Gasteiger partial charge in [-0.2, -0.15) is 0 Å². The third-order valence-electron chi connectivity index (χ3n) is 3.83. The van der Waals surface area contributed by atoms with Crippen molar-refractivity contribution in [3.05, 3.63) is 53.1 Å². The molecule has 1 aromatic heterocycles. The van der Waals surface area contributed by atoms with Crippen LogP contribution in [0.15, 0.2) is 36.7 Å². The molecule has 2 rings (SSSR count). The van der Waals surface area contributed by atoms with E-state index in [-0.39, 0.29) is 6.10 Å². The number of hydrogen-bond donors (Lipinski definition) is 1. The quantitative estimate of drug-likeness (QED) is 0.852. The van der Waals surface area contributed by atoms with Crippen LogP contribution in [0.3, 0.4) is 0 Å². The van der Waals surface area contributed by atoms with Gasteiger partial charge in [0.05, 0.1) is 12.6 Å². The molecule has 0 saturated carbocycles. The molecule has 1 heterocycles. The topological polar surface area (TPSA) is 41.3 Å². The van der Waals surface area contributed by atoms with Crippen LogP contribution in [0.1, 0.15) is 25.2 Å². The van der Waals surface area contributed by atoms with Gasteiger partial charge in [0.2, 0.25) is 0 Å². The first kappa shape index (κ1) is 17.0. The van der Waals surface area contributed by atoms with Crippen molar-refractivity contribution in [2.45, 2.75) is 39.0 Å². The van der Waals surface area contributed by atoms with E-state index in [1.807, 2.05) is 36.9 Å². The zero-order chi connectivity index (χ0) is 16.1. The fourth-order valence-corrected chi connectivity index (χ4v) is 2.69. The Balaban J connectivity index is 2.06. The van der Waals surface area contributed by atoms with Gasteiger partial charge in [-0.25, -0.2) is 4.98 Å². The first-order valence-corrected chi connectivity index (χ1v) is 7.96. The summed E-state index contributed by atoms with van der Waals surface area (Å²) in [5.41, 5.74) is 1.24. The summed E-state index contributed by atoms with van der Waals surface area (Å²) >= 11 is 5.94. The van der Waals surface area contributed by atoms with Crippen LogP contribution in [-0.4, -0.2) is 38.2 Å². The molecular weight excluding hydrogens is 298 g/mol. The van der Waals surface area contributed by atoms with Crippen molar-refractivity contribution >= 4 is 11.6 Å². The predicted molar refractivity (Wildman–Crippen MR) is 89.9 cm³/mol. The van der Waals surface area contributed by atoms with E-state index in [0.29, 0.717) is 12.6 Å². The average molecular weight is 322 g/mol. The monoisotopic (exact) mass is 321 g/mol. The summed E-state index contributed by atoms with van der Waals surface area (Å²) in [5, 5.41) is 10.5. The van der Waals surface area contributed by atoms with Crippen LogP contribution in [0.25, 0.3) is 0 Å². The molecule has 120 valence electrons. The van der Waals surface area contributed by atoms with Gasteiger partial charge in [0.25, 0.3) is 0 Å². The molecule has 1 aromatic carbocycles. The molecule has 0 aliphatic carbocycles. The summed E-state index contributed by atoms with van der Waals surface area (Å²) in [7, 11) is 1.99. The Hall–Kier alpha value is -1.36. The van der Waals surface area contributed by atoms with E-state index in [0.717, 1.165) is 23.8 Å². The highest BCUT2D eigenvalue weighted by molar-refractivity contribution is 6.30. The molecule has 0 aliphatic rings. The number of halogens is 1. The van der Waals surface area contributed by atoms with E-state index < -0.39 is 0 Å². The number of imidazole rings is 1. The van der Waals surface area contributed by atoms with E-state index in [1.165, 1.54) is 5.56 Å². The maximum Gasteiger partial charge on any atom is 0.122 e. The minimum atomic E-state index is -0.368. The fourth-order valence-electron chi connectivity index (χ4n) is 2.56. The lowest BCUT2D eigenvalue weighted by Gasteiger charge is -2.30. The number of hydrogen-bond acceptors (Lipinski definition) is 3. The summed E-state index contributed by atoms with van der Waals surface area (Å²) in [4.78, 5) is 6.65. The standard InChI is InChI=1S/C17H24ClN3O/c1-13(10-15-4-6-16(18)7-5-15)21(11-14(2)22)12-17-19-8-9-20(17)3/h4-9,13-14,22H,10-12H2,1-3H3/t13-,14-/m1/s1. The van der Waals surface area contributed by atoms with E-state index in [4.69, 9.17) is 11.6 Å². The molecule has 5 heteroatoms. The third kappa shape index (κ3) is 4.83. The third-order valence-corrected chi connectivity index (χ3v) is 4.08. The van der Waals surface area contributed by atoms with Gasteiger partial charge < -0.3 is 9.67 Å². The van der Waals surface area contributed by atoms with E-state index in [9.17, 15) is 5.11 Å². The van der Waals surface area contributed by atoms with Crippen LogP contribution in [0, 0.1) is 0 Å². The average Bonchev–Trinajstić information content (AvgIpc) is 2.85. The van der Waals surface area contributed by atoms with Gasteiger partial charge in [-0.05, 0) is 38.0 Å². The molecule has 22 heavy (non-hydrogen) atoms. The summed E-state index contributed by atoms with van der Waals surface area (Å²) < 4.78 is 2.02. The molecule has 0 saturated heterocycles. The second-order valence-corrected chi connectivity index (χ2v) is 6.35. The largest absolute Gasteiger partial charge is 0.392 e. The zero-order valence-corrected chi connectivity index (χ0v) is 14.2. The summed E-state index contributed by atoms with van der Waals surface area (Å²) in [5.74, 6) is 1.00. The maximum atomic E-state index is 9.79. The first-order valence-electron chi connectivity index (χ1n) is 7.58. The Kier molecular flexibility index (Phi) is 6.00. The van der Waals surface area contributed by atoms with Crippen LogP contribution in [-0.2, 0) is 20.0 Å². The number of benzene rings is 1. The number of aliphatic hydroxyl groups is 1. The van der Waals surface area contributed by atoms with Crippen LogP contribution < -0.4 is 0 Å². The second kappa shape index (κ2) is 7.77. The predicted octanol–water partition coefficient (Wildman–Crippen LogP) is 2.89. The Morgan fingerprint density at radius 3 is 2.50 bits per heavy atom. The van der Waals surface area contributed by atoms with Crippen molar-refractivity contribution in [2.24, 2.45) is 7.05 Å². The number of rotatable bonds is 7. The normalized spacial score (nSPS) is 14.3. The van der Waals surface area contributed by atoms with Gasteiger partial charge in [0.1, 0.15) is 5.82 Å². The van der Waals surface area contributed by atoms with Gasteiger partial charge in [0.15, 0.2) is 0 Å². The van der Waals surface area contributed by atoms with Gasteiger partial charge in [-0.15, -0.1) is 0 Å². The summed E-state index contributed by atoms with van der Waals surface area (Å²) in [6.45, 7) is 5.35. The van der Waals surface area contributed by atoms with Crippen LogP contribution in [0.5, 0.6) is 0 Å². The van der Waals surface area contributed by atoms with E-state index in [2.05, 4.69) is 28.9 Å². The van der Waals surface area contributed by atoms with Gasteiger partial charge in [0, 0.05) is 37.1 Å². The summed E-state index contributed by atoms with van der Waals surface area (Å²) in [6.07, 6.45) is 4.29.